The second-order valence-electron chi connectivity index (χ2n) is 15.4. The summed E-state index contributed by atoms with van der Waals surface area (Å²) in [4.78, 5) is 12.8. The first-order valence-corrected chi connectivity index (χ1v) is 19.4. The standard InChI is InChI=1S/C51H41BN4/c1-32-26-35(4)50(36(5)27-32)56-48-22-11-9-20-44(48)54-51(56)39-24-25-47-43(30-39)52(40-17-12-16-38(29-40)49-34(3)28-33(2)31-53-49)42-19-8-10-21-46(42)55(47)45-23-13-15-37-14-6-7-18-41(37)45/h6-31H,1-5H3. The molecule has 7 aromatic carbocycles. The van der Waals surface area contributed by atoms with Gasteiger partial charge < -0.3 is 4.90 Å². The number of fused-ring (bicyclic) bond motifs is 4. The molecule has 0 fully saturated rings. The van der Waals surface area contributed by atoms with Crippen molar-refractivity contribution in [3.05, 3.63) is 186 Å². The molecular weight excluding hydrogens is 679 g/mol. The van der Waals surface area contributed by atoms with E-state index in [1.807, 2.05) is 6.20 Å². The normalized spacial score (nSPS) is 12.3. The third-order valence-electron chi connectivity index (χ3n) is 11.5. The van der Waals surface area contributed by atoms with Gasteiger partial charge in [0.05, 0.1) is 28.1 Å². The lowest BCUT2D eigenvalue weighted by atomic mass is 9.35. The zero-order valence-corrected chi connectivity index (χ0v) is 32.4. The van der Waals surface area contributed by atoms with E-state index in [9.17, 15) is 0 Å². The predicted molar refractivity (Wildman–Crippen MR) is 237 cm³/mol. The molecule has 1 aliphatic rings. The van der Waals surface area contributed by atoms with E-state index in [0.29, 0.717) is 0 Å². The minimum atomic E-state index is -0.0428. The highest BCUT2D eigenvalue weighted by Gasteiger charge is 2.36. The van der Waals surface area contributed by atoms with E-state index in [4.69, 9.17) is 9.97 Å². The summed E-state index contributed by atoms with van der Waals surface area (Å²) >= 11 is 0. The summed E-state index contributed by atoms with van der Waals surface area (Å²) in [6, 6.07) is 55.6. The number of imidazole rings is 1. The molecule has 3 heterocycles. The van der Waals surface area contributed by atoms with E-state index in [1.54, 1.807) is 0 Å². The number of para-hydroxylation sites is 3. The van der Waals surface area contributed by atoms with E-state index in [1.165, 1.54) is 66.4 Å². The molecular formula is C51H41BN4. The van der Waals surface area contributed by atoms with Crippen molar-refractivity contribution in [1.82, 2.24) is 14.5 Å². The molecule has 0 amide bonds. The van der Waals surface area contributed by atoms with Crippen LogP contribution < -0.4 is 21.3 Å². The third-order valence-corrected chi connectivity index (χ3v) is 11.5. The van der Waals surface area contributed by atoms with Gasteiger partial charge in [-0.25, -0.2) is 4.98 Å². The molecule has 0 radical (unpaired) electrons. The molecule has 0 bridgehead atoms. The first-order valence-electron chi connectivity index (χ1n) is 19.4. The fourth-order valence-electron chi connectivity index (χ4n) is 9.24. The molecule has 0 aliphatic carbocycles. The van der Waals surface area contributed by atoms with E-state index in [-0.39, 0.29) is 6.71 Å². The average Bonchev–Trinajstić information content (AvgIpc) is 3.58. The van der Waals surface area contributed by atoms with E-state index in [0.717, 1.165) is 45.1 Å². The minimum Gasteiger partial charge on any atom is -0.311 e. The lowest BCUT2D eigenvalue weighted by molar-refractivity contribution is 1.06. The molecule has 0 spiro atoms. The zero-order valence-electron chi connectivity index (χ0n) is 32.4. The summed E-state index contributed by atoms with van der Waals surface area (Å²) in [5.74, 6) is 0.937. The molecule has 1 aliphatic heterocycles. The number of anilines is 3. The van der Waals surface area contributed by atoms with Crippen LogP contribution in [-0.2, 0) is 0 Å². The van der Waals surface area contributed by atoms with Crippen LogP contribution in [0.3, 0.4) is 0 Å². The molecule has 0 atom stereocenters. The number of nitrogens with zero attached hydrogens (tertiary/aromatic N) is 4. The quantitative estimate of drug-likeness (QED) is 0.166. The van der Waals surface area contributed by atoms with Crippen LogP contribution in [0.25, 0.3) is 50.1 Å². The molecule has 0 N–H and O–H groups in total. The molecule has 5 heteroatoms. The van der Waals surface area contributed by atoms with Crippen molar-refractivity contribution in [1.29, 1.82) is 0 Å². The van der Waals surface area contributed by atoms with Crippen LogP contribution in [0, 0.1) is 34.6 Å². The first-order chi connectivity index (χ1) is 27.3. The van der Waals surface area contributed by atoms with Gasteiger partial charge in [0.2, 0.25) is 6.71 Å². The number of aromatic nitrogens is 3. The largest absolute Gasteiger partial charge is 0.311 e. The molecule has 4 nitrogen and oxygen atoms in total. The number of aryl methyl sites for hydroxylation is 5. The molecule has 56 heavy (non-hydrogen) atoms. The monoisotopic (exact) mass is 720 g/mol. The highest BCUT2D eigenvalue weighted by Crippen LogP contribution is 2.41. The van der Waals surface area contributed by atoms with Gasteiger partial charge in [0.25, 0.3) is 0 Å². The van der Waals surface area contributed by atoms with Gasteiger partial charge in [-0.3, -0.25) is 9.55 Å². The molecule has 0 saturated carbocycles. The number of rotatable bonds is 5. The predicted octanol–water partition coefficient (Wildman–Crippen LogP) is 10.7. The Balaban J connectivity index is 1.25. The van der Waals surface area contributed by atoms with Gasteiger partial charge in [0.15, 0.2) is 0 Å². The summed E-state index contributed by atoms with van der Waals surface area (Å²) in [6.07, 6.45) is 1.97. The first kappa shape index (κ1) is 33.8. The Morgan fingerprint density at radius 1 is 0.518 bits per heavy atom. The smallest absolute Gasteiger partial charge is 0.246 e. The van der Waals surface area contributed by atoms with Crippen LogP contribution in [0.4, 0.5) is 17.1 Å². The van der Waals surface area contributed by atoms with Crippen molar-refractivity contribution in [2.24, 2.45) is 0 Å². The summed E-state index contributed by atoms with van der Waals surface area (Å²) in [7, 11) is 0. The van der Waals surface area contributed by atoms with E-state index >= 15 is 0 Å². The number of pyridine rings is 1. The minimum absolute atomic E-state index is 0.0428. The molecule has 9 aromatic rings. The van der Waals surface area contributed by atoms with Crippen molar-refractivity contribution < 1.29 is 0 Å². The summed E-state index contributed by atoms with van der Waals surface area (Å²) in [5, 5.41) is 2.43. The second-order valence-corrected chi connectivity index (χ2v) is 15.4. The van der Waals surface area contributed by atoms with Gasteiger partial charge in [-0.05, 0) is 115 Å². The summed E-state index contributed by atoms with van der Waals surface area (Å²) < 4.78 is 2.38. The van der Waals surface area contributed by atoms with Crippen LogP contribution >= 0.6 is 0 Å². The maximum atomic E-state index is 5.38. The highest BCUT2D eigenvalue weighted by molar-refractivity contribution is 6.98. The van der Waals surface area contributed by atoms with Crippen LogP contribution in [0.2, 0.25) is 0 Å². The molecule has 0 saturated heterocycles. The average molecular weight is 721 g/mol. The van der Waals surface area contributed by atoms with Crippen molar-refractivity contribution >= 4 is 62.0 Å². The number of benzene rings is 7. The Labute approximate surface area is 328 Å². The Bertz CT molecular complexity index is 2980. The van der Waals surface area contributed by atoms with Crippen molar-refractivity contribution in [3.63, 3.8) is 0 Å². The van der Waals surface area contributed by atoms with Crippen molar-refractivity contribution in [2.75, 3.05) is 4.90 Å². The van der Waals surface area contributed by atoms with Crippen LogP contribution in [0.15, 0.2) is 158 Å². The topological polar surface area (TPSA) is 34.0 Å². The Kier molecular flexibility index (Phi) is 8.00. The van der Waals surface area contributed by atoms with Gasteiger partial charge in [0, 0.05) is 28.5 Å². The van der Waals surface area contributed by atoms with Crippen LogP contribution in [0.1, 0.15) is 27.8 Å². The van der Waals surface area contributed by atoms with Crippen molar-refractivity contribution in [2.45, 2.75) is 34.6 Å². The SMILES string of the molecule is Cc1cnc(-c2cccc(B3c4ccccc4N(c4cccc5ccccc45)c4ccc(-c5nc6ccccc6n5-c5c(C)cc(C)cc5C)cc43)c2)c(C)c1. The molecule has 268 valence electrons. The maximum absolute atomic E-state index is 5.38. The van der Waals surface area contributed by atoms with Gasteiger partial charge in [0.1, 0.15) is 5.82 Å². The lowest BCUT2D eigenvalue weighted by Gasteiger charge is -2.38. The Hall–Kier alpha value is -6.72. The lowest BCUT2D eigenvalue weighted by Crippen LogP contribution is -2.57. The molecule has 10 rings (SSSR count). The number of hydrogen-bond acceptors (Lipinski definition) is 3. The summed E-state index contributed by atoms with van der Waals surface area (Å²) in [5.41, 5.74) is 19.8. The summed E-state index contributed by atoms with van der Waals surface area (Å²) in [6.45, 7) is 10.8. The van der Waals surface area contributed by atoms with E-state index in [2.05, 4.69) is 196 Å². The van der Waals surface area contributed by atoms with Gasteiger partial charge in [-0.1, -0.05) is 126 Å². The van der Waals surface area contributed by atoms with Crippen LogP contribution in [-0.4, -0.2) is 21.2 Å². The third kappa shape index (κ3) is 5.45. The molecule has 0 unspecified atom stereocenters. The van der Waals surface area contributed by atoms with Crippen LogP contribution in [0.5, 0.6) is 0 Å². The van der Waals surface area contributed by atoms with Gasteiger partial charge >= 0.3 is 0 Å². The Morgan fingerprint density at radius 2 is 1.21 bits per heavy atom. The maximum Gasteiger partial charge on any atom is 0.246 e. The van der Waals surface area contributed by atoms with E-state index < -0.39 is 0 Å². The molecule has 2 aromatic heterocycles. The van der Waals surface area contributed by atoms with Gasteiger partial charge in [-0.15, -0.1) is 0 Å². The highest BCUT2D eigenvalue weighted by atomic mass is 15.2. The number of hydrogen-bond donors (Lipinski definition) is 0. The second kappa shape index (κ2) is 13.2. The van der Waals surface area contributed by atoms with Gasteiger partial charge in [-0.2, -0.15) is 0 Å². The fraction of sp³-hybridized carbons (Fsp3) is 0.0980. The zero-order chi connectivity index (χ0) is 38.1. The van der Waals surface area contributed by atoms with Crippen molar-refractivity contribution in [3.8, 4) is 28.3 Å². The fourth-order valence-corrected chi connectivity index (χ4v) is 9.24. The Morgan fingerprint density at radius 3 is 2.07 bits per heavy atom.